The van der Waals surface area contributed by atoms with Gasteiger partial charge in [-0.25, -0.2) is 0 Å². The maximum absolute atomic E-state index is 12.1. The molecule has 1 aromatic carbocycles. The molecule has 110 valence electrons. The van der Waals surface area contributed by atoms with Gasteiger partial charge in [0.05, 0.1) is 5.92 Å². The van der Waals surface area contributed by atoms with Crippen molar-refractivity contribution >= 4 is 22.6 Å². The van der Waals surface area contributed by atoms with Crippen molar-refractivity contribution in [3.63, 3.8) is 0 Å². The smallest absolute Gasteiger partial charge is 0.306 e. The standard InChI is InChI=1S/C16H18N2O3/c1-11(16(20)21)5-4-9-18-15(19)14-13-7-3-2-6-12(13)8-10-17-14/h2-3,6-8,10-11H,4-5,9H2,1H3,(H,18,19)(H,20,21). The molecule has 0 saturated heterocycles. The van der Waals surface area contributed by atoms with Crippen molar-refractivity contribution in [2.75, 3.05) is 6.54 Å². The molecule has 0 radical (unpaired) electrons. The highest BCUT2D eigenvalue weighted by molar-refractivity contribution is 6.05. The lowest BCUT2D eigenvalue weighted by Gasteiger charge is -2.08. The van der Waals surface area contributed by atoms with Crippen LogP contribution in [0.3, 0.4) is 0 Å². The summed E-state index contributed by atoms with van der Waals surface area (Å²) < 4.78 is 0. The van der Waals surface area contributed by atoms with E-state index in [1.807, 2.05) is 30.3 Å². The van der Waals surface area contributed by atoms with Gasteiger partial charge in [0.25, 0.3) is 5.91 Å². The monoisotopic (exact) mass is 286 g/mol. The number of nitrogens with one attached hydrogen (secondary N) is 1. The van der Waals surface area contributed by atoms with E-state index < -0.39 is 11.9 Å². The quantitative estimate of drug-likeness (QED) is 0.799. The van der Waals surface area contributed by atoms with Crippen molar-refractivity contribution in [2.24, 2.45) is 5.92 Å². The molecule has 0 saturated carbocycles. The van der Waals surface area contributed by atoms with Crippen LogP contribution in [0.2, 0.25) is 0 Å². The number of fused-ring (bicyclic) bond motifs is 1. The zero-order valence-electron chi connectivity index (χ0n) is 11.9. The van der Waals surface area contributed by atoms with Crippen LogP contribution in [0.4, 0.5) is 0 Å². The average Bonchev–Trinajstić information content (AvgIpc) is 2.50. The number of hydrogen-bond acceptors (Lipinski definition) is 3. The zero-order chi connectivity index (χ0) is 15.2. The van der Waals surface area contributed by atoms with E-state index >= 15 is 0 Å². The molecule has 2 aromatic rings. The molecule has 2 N–H and O–H groups in total. The number of amides is 1. The summed E-state index contributed by atoms with van der Waals surface area (Å²) in [5, 5.41) is 13.4. The maximum Gasteiger partial charge on any atom is 0.306 e. The van der Waals surface area contributed by atoms with E-state index in [0.717, 1.165) is 10.8 Å². The van der Waals surface area contributed by atoms with Crippen LogP contribution in [-0.2, 0) is 4.79 Å². The predicted octanol–water partition coefficient (Wildman–Crippen LogP) is 2.47. The number of aliphatic carboxylic acids is 1. The molecule has 5 heteroatoms. The van der Waals surface area contributed by atoms with Gasteiger partial charge in [0.15, 0.2) is 0 Å². The lowest BCUT2D eigenvalue weighted by atomic mass is 10.1. The van der Waals surface area contributed by atoms with Crippen molar-refractivity contribution in [1.82, 2.24) is 10.3 Å². The van der Waals surface area contributed by atoms with Crippen LogP contribution in [0.25, 0.3) is 10.8 Å². The first kappa shape index (κ1) is 15.0. The fourth-order valence-electron chi connectivity index (χ4n) is 2.12. The SMILES string of the molecule is CC(CCCNC(=O)c1nccc2ccccc12)C(=O)O. The highest BCUT2D eigenvalue weighted by Gasteiger charge is 2.12. The van der Waals surface area contributed by atoms with Crippen molar-refractivity contribution in [1.29, 1.82) is 0 Å². The maximum atomic E-state index is 12.1. The number of carbonyl (C=O) groups excluding carboxylic acids is 1. The van der Waals surface area contributed by atoms with Gasteiger partial charge in [-0.3, -0.25) is 14.6 Å². The minimum atomic E-state index is -0.808. The highest BCUT2D eigenvalue weighted by atomic mass is 16.4. The van der Waals surface area contributed by atoms with Gasteiger partial charge in [0.2, 0.25) is 0 Å². The topological polar surface area (TPSA) is 79.3 Å². The molecule has 0 bridgehead atoms. The average molecular weight is 286 g/mol. The number of hydrogen-bond donors (Lipinski definition) is 2. The Morgan fingerprint density at radius 1 is 1.29 bits per heavy atom. The molecule has 1 unspecified atom stereocenters. The Morgan fingerprint density at radius 3 is 2.81 bits per heavy atom. The summed E-state index contributed by atoms with van der Waals surface area (Å²) in [5.41, 5.74) is 0.402. The number of nitrogens with zero attached hydrogens (tertiary/aromatic N) is 1. The minimum Gasteiger partial charge on any atom is -0.481 e. The van der Waals surface area contributed by atoms with Gasteiger partial charge in [0, 0.05) is 18.1 Å². The number of pyridine rings is 1. The molecule has 0 aliphatic rings. The van der Waals surface area contributed by atoms with E-state index in [1.165, 1.54) is 0 Å². The van der Waals surface area contributed by atoms with E-state index in [2.05, 4.69) is 10.3 Å². The molecule has 1 atom stereocenters. The summed E-state index contributed by atoms with van der Waals surface area (Å²) in [7, 11) is 0. The molecule has 21 heavy (non-hydrogen) atoms. The molecule has 0 spiro atoms. The van der Waals surface area contributed by atoms with Crippen LogP contribution >= 0.6 is 0 Å². The van der Waals surface area contributed by atoms with Gasteiger partial charge in [-0.1, -0.05) is 31.2 Å². The first-order valence-corrected chi connectivity index (χ1v) is 6.94. The number of carbonyl (C=O) groups is 2. The Morgan fingerprint density at radius 2 is 2.05 bits per heavy atom. The Hall–Kier alpha value is -2.43. The summed E-state index contributed by atoms with van der Waals surface area (Å²) in [6, 6.07) is 9.44. The first-order chi connectivity index (χ1) is 10.1. The van der Waals surface area contributed by atoms with Crippen LogP contribution in [0.5, 0.6) is 0 Å². The van der Waals surface area contributed by atoms with E-state index in [9.17, 15) is 9.59 Å². The van der Waals surface area contributed by atoms with Gasteiger partial charge in [-0.05, 0) is 24.3 Å². The Bertz CT molecular complexity index is 650. The number of benzene rings is 1. The molecule has 2 rings (SSSR count). The largest absolute Gasteiger partial charge is 0.481 e. The fraction of sp³-hybridized carbons (Fsp3) is 0.312. The van der Waals surface area contributed by atoms with Crippen molar-refractivity contribution in [3.05, 3.63) is 42.2 Å². The molecule has 0 aliphatic heterocycles. The van der Waals surface area contributed by atoms with Crippen LogP contribution in [0, 0.1) is 5.92 Å². The summed E-state index contributed by atoms with van der Waals surface area (Å²) >= 11 is 0. The minimum absolute atomic E-state index is 0.227. The highest BCUT2D eigenvalue weighted by Crippen LogP contribution is 2.16. The van der Waals surface area contributed by atoms with Gasteiger partial charge < -0.3 is 10.4 Å². The first-order valence-electron chi connectivity index (χ1n) is 6.94. The van der Waals surface area contributed by atoms with E-state index in [1.54, 1.807) is 13.1 Å². The van der Waals surface area contributed by atoms with Crippen LogP contribution in [0.15, 0.2) is 36.5 Å². The third-order valence-corrected chi connectivity index (χ3v) is 3.41. The lowest BCUT2D eigenvalue weighted by Crippen LogP contribution is -2.26. The number of carboxylic acids is 1. The van der Waals surface area contributed by atoms with Gasteiger partial charge in [-0.2, -0.15) is 0 Å². The number of rotatable bonds is 6. The normalized spacial score (nSPS) is 12.0. The Kier molecular flexibility index (Phi) is 4.87. The van der Waals surface area contributed by atoms with Gasteiger partial charge in [0.1, 0.15) is 5.69 Å². The third kappa shape index (κ3) is 3.78. The van der Waals surface area contributed by atoms with E-state index in [4.69, 9.17) is 5.11 Å². The molecule has 0 fully saturated rings. The lowest BCUT2D eigenvalue weighted by molar-refractivity contribution is -0.141. The number of aromatic nitrogens is 1. The fourth-order valence-corrected chi connectivity index (χ4v) is 2.12. The molecule has 1 aromatic heterocycles. The van der Waals surface area contributed by atoms with Crippen LogP contribution in [0.1, 0.15) is 30.3 Å². The molecule has 5 nitrogen and oxygen atoms in total. The molecular weight excluding hydrogens is 268 g/mol. The van der Waals surface area contributed by atoms with Crippen molar-refractivity contribution < 1.29 is 14.7 Å². The second-order valence-electron chi connectivity index (χ2n) is 5.02. The third-order valence-electron chi connectivity index (χ3n) is 3.41. The van der Waals surface area contributed by atoms with E-state index in [0.29, 0.717) is 25.1 Å². The summed E-state index contributed by atoms with van der Waals surface area (Å²) in [6.07, 6.45) is 2.78. The van der Waals surface area contributed by atoms with Gasteiger partial charge in [-0.15, -0.1) is 0 Å². The van der Waals surface area contributed by atoms with Crippen LogP contribution < -0.4 is 5.32 Å². The predicted molar refractivity (Wildman–Crippen MR) is 80.1 cm³/mol. The number of carboxylic acid groups (broad SMARTS) is 1. The molecule has 0 aliphatic carbocycles. The second-order valence-corrected chi connectivity index (χ2v) is 5.02. The summed E-state index contributed by atoms with van der Waals surface area (Å²) in [4.78, 5) is 27.0. The summed E-state index contributed by atoms with van der Waals surface area (Å²) in [5.74, 6) is -1.43. The molecule has 1 heterocycles. The van der Waals surface area contributed by atoms with E-state index in [-0.39, 0.29) is 5.91 Å². The summed E-state index contributed by atoms with van der Waals surface area (Å²) in [6.45, 7) is 2.11. The van der Waals surface area contributed by atoms with Crippen molar-refractivity contribution in [3.8, 4) is 0 Å². The van der Waals surface area contributed by atoms with Gasteiger partial charge >= 0.3 is 5.97 Å². The molecule has 1 amide bonds. The van der Waals surface area contributed by atoms with Crippen molar-refractivity contribution in [2.45, 2.75) is 19.8 Å². The Labute approximate surface area is 123 Å². The Balaban J connectivity index is 1.95. The van der Waals surface area contributed by atoms with Crippen LogP contribution in [-0.4, -0.2) is 28.5 Å². The zero-order valence-corrected chi connectivity index (χ0v) is 11.9. The second kappa shape index (κ2) is 6.83. The molecular formula is C16H18N2O3.